The Morgan fingerprint density at radius 1 is 1.17 bits per heavy atom. The molecule has 122 valence electrons. The second-order valence-corrected chi connectivity index (χ2v) is 6.14. The van der Waals surface area contributed by atoms with Crippen LogP contribution in [0, 0.1) is 13.8 Å². The molecule has 0 bridgehead atoms. The monoisotopic (exact) mass is 314 g/mol. The molecule has 6 nitrogen and oxygen atoms in total. The highest BCUT2D eigenvalue weighted by Crippen LogP contribution is 2.19. The first-order valence-corrected chi connectivity index (χ1v) is 7.89. The van der Waals surface area contributed by atoms with Gasteiger partial charge in [0, 0.05) is 44.4 Å². The van der Waals surface area contributed by atoms with Crippen molar-refractivity contribution in [2.24, 2.45) is 7.05 Å². The van der Waals surface area contributed by atoms with Gasteiger partial charge in [0.2, 0.25) is 0 Å². The van der Waals surface area contributed by atoms with Gasteiger partial charge in [-0.1, -0.05) is 0 Å². The van der Waals surface area contributed by atoms with Crippen LogP contribution in [0.15, 0.2) is 16.9 Å². The molecule has 1 aliphatic rings. The van der Waals surface area contributed by atoms with Crippen molar-refractivity contribution in [2.45, 2.75) is 33.2 Å². The maximum Gasteiger partial charge on any atom is 0.256 e. The van der Waals surface area contributed by atoms with Gasteiger partial charge in [-0.15, -0.1) is 0 Å². The van der Waals surface area contributed by atoms with E-state index in [1.54, 1.807) is 23.7 Å². The molecule has 0 saturated heterocycles. The van der Waals surface area contributed by atoms with Crippen molar-refractivity contribution in [3.63, 3.8) is 0 Å². The Morgan fingerprint density at radius 3 is 2.70 bits per heavy atom. The molecule has 0 aromatic carbocycles. The Labute approximate surface area is 135 Å². The number of pyridine rings is 1. The van der Waals surface area contributed by atoms with E-state index in [0.29, 0.717) is 18.7 Å². The number of nitrogens with zero attached hydrogens (tertiary/aromatic N) is 4. The fraction of sp³-hybridized carbons (Fsp3) is 0.471. The van der Waals surface area contributed by atoms with Crippen LogP contribution in [-0.4, -0.2) is 37.6 Å². The Bertz CT molecular complexity index is 798. The van der Waals surface area contributed by atoms with E-state index in [4.69, 9.17) is 0 Å². The van der Waals surface area contributed by atoms with Gasteiger partial charge in [-0.2, -0.15) is 0 Å². The second kappa shape index (κ2) is 6.12. The fourth-order valence-electron chi connectivity index (χ4n) is 3.00. The number of fused-ring (bicyclic) bond motifs is 1. The highest BCUT2D eigenvalue weighted by atomic mass is 16.3. The van der Waals surface area contributed by atoms with Crippen LogP contribution in [-0.2, 0) is 26.4 Å². The standard InChI is InChI=1S/C17H22N4O2/c1-11-4-5-16(22)15(18-11)10-21-8-6-13-14(7-9-21)19-12(2)20(3)17(13)23/h4-5,22H,6-10H2,1-3H3. The minimum Gasteiger partial charge on any atom is -0.506 e. The van der Waals surface area contributed by atoms with Crippen molar-refractivity contribution in [3.8, 4) is 5.75 Å². The lowest BCUT2D eigenvalue weighted by Gasteiger charge is -2.19. The van der Waals surface area contributed by atoms with Crippen molar-refractivity contribution in [1.82, 2.24) is 19.4 Å². The van der Waals surface area contributed by atoms with Crippen LogP contribution in [0.1, 0.15) is 28.5 Å². The van der Waals surface area contributed by atoms with Crippen LogP contribution in [0.5, 0.6) is 5.75 Å². The summed E-state index contributed by atoms with van der Waals surface area (Å²) >= 11 is 0. The molecule has 6 heteroatoms. The van der Waals surface area contributed by atoms with Gasteiger partial charge < -0.3 is 5.11 Å². The number of hydrogen-bond acceptors (Lipinski definition) is 5. The van der Waals surface area contributed by atoms with Crippen molar-refractivity contribution in [1.29, 1.82) is 0 Å². The molecule has 0 aliphatic carbocycles. The van der Waals surface area contributed by atoms with Crippen LogP contribution < -0.4 is 5.56 Å². The number of aromatic hydroxyl groups is 1. The van der Waals surface area contributed by atoms with E-state index in [1.807, 2.05) is 13.8 Å². The van der Waals surface area contributed by atoms with Crippen molar-refractivity contribution in [3.05, 3.63) is 51.0 Å². The van der Waals surface area contributed by atoms with Crippen LogP contribution >= 0.6 is 0 Å². The average Bonchev–Trinajstić information content (AvgIpc) is 2.71. The Kier molecular flexibility index (Phi) is 4.17. The van der Waals surface area contributed by atoms with Crippen molar-refractivity contribution in [2.75, 3.05) is 13.1 Å². The van der Waals surface area contributed by atoms with Gasteiger partial charge in [0.25, 0.3) is 5.56 Å². The first-order valence-electron chi connectivity index (χ1n) is 7.89. The maximum atomic E-state index is 12.4. The summed E-state index contributed by atoms with van der Waals surface area (Å²) in [6, 6.07) is 3.48. The van der Waals surface area contributed by atoms with Crippen LogP contribution in [0.3, 0.4) is 0 Å². The summed E-state index contributed by atoms with van der Waals surface area (Å²) in [5, 5.41) is 9.97. The number of aromatic nitrogens is 3. The van der Waals surface area contributed by atoms with Gasteiger partial charge in [-0.25, -0.2) is 4.98 Å². The molecule has 2 aromatic rings. The normalized spacial score (nSPS) is 15.3. The van der Waals surface area contributed by atoms with E-state index in [1.165, 1.54) is 0 Å². The zero-order chi connectivity index (χ0) is 16.6. The summed E-state index contributed by atoms with van der Waals surface area (Å²) in [6.07, 6.45) is 1.43. The number of hydrogen-bond donors (Lipinski definition) is 1. The van der Waals surface area contributed by atoms with Gasteiger partial charge in [0.15, 0.2) is 0 Å². The predicted molar refractivity (Wildman–Crippen MR) is 87.5 cm³/mol. The van der Waals surface area contributed by atoms with E-state index in [2.05, 4.69) is 14.9 Å². The van der Waals surface area contributed by atoms with E-state index in [-0.39, 0.29) is 11.3 Å². The van der Waals surface area contributed by atoms with E-state index in [0.717, 1.165) is 42.3 Å². The molecule has 23 heavy (non-hydrogen) atoms. The molecular formula is C17H22N4O2. The number of aryl methyl sites for hydroxylation is 2. The molecule has 0 amide bonds. The minimum atomic E-state index is 0.0610. The zero-order valence-corrected chi connectivity index (χ0v) is 13.8. The fourth-order valence-corrected chi connectivity index (χ4v) is 3.00. The van der Waals surface area contributed by atoms with Gasteiger partial charge in [0.05, 0.1) is 11.4 Å². The van der Waals surface area contributed by atoms with Crippen LogP contribution in [0.25, 0.3) is 0 Å². The van der Waals surface area contributed by atoms with Crippen LogP contribution in [0.4, 0.5) is 0 Å². The highest BCUT2D eigenvalue weighted by molar-refractivity contribution is 5.28. The van der Waals surface area contributed by atoms with Gasteiger partial charge in [0.1, 0.15) is 11.6 Å². The summed E-state index contributed by atoms with van der Waals surface area (Å²) in [7, 11) is 1.77. The summed E-state index contributed by atoms with van der Waals surface area (Å²) in [5.74, 6) is 0.974. The molecule has 1 aliphatic heterocycles. The van der Waals surface area contributed by atoms with Gasteiger partial charge in [-0.05, 0) is 32.4 Å². The highest BCUT2D eigenvalue weighted by Gasteiger charge is 2.20. The summed E-state index contributed by atoms with van der Waals surface area (Å²) < 4.78 is 1.61. The largest absolute Gasteiger partial charge is 0.506 e. The molecular weight excluding hydrogens is 292 g/mol. The zero-order valence-electron chi connectivity index (χ0n) is 13.8. The second-order valence-electron chi connectivity index (χ2n) is 6.14. The Balaban J connectivity index is 1.81. The maximum absolute atomic E-state index is 12.4. The first kappa shape index (κ1) is 15.7. The van der Waals surface area contributed by atoms with E-state index >= 15 is 0 Å². The molecule has 1 N–H and O–H groups in total. The van der Waals surface area contributed by atoms with Gasteiger partial charge in [-0.3, -0.25) is 19.2 Å². The molecule has 3 heterocycles. The lowest BCUT2D eigenvalue weighted by atomic mass is 10.1. The third kappa shape index (κ3) is 3.12. The third-order valence-corrected chi connectivity index (χ3v) is 4.50. The van der Waals surface area contributed by atoms with Gasteiger partial charge >= 0.3 is 0 Å². The lowest BCUT2D eigenvalue weighted by molar-refractivity contribution is 0.270. The average molecular weight is 314 g/mol. The third-order valence-electron chi connectivity index (χ3n) is 4.50. The number of rotatable bonds is 2. The molecule has 3 rings (SSSR count). The topological polar surface area (TPSA) is 71.2 Å². The molecule has 0 spiro atoms. The smallest absolute Gasteiger partial charge is 0.256 e. The van der Waals surface area contributed by atoms with E-state index in [9.17, 15) is 9.90 Å². The SMILES string of the molecule is Cc1ccc(O)c(CN2CCc3nc(C)n(C)c(=O)c3CC2)n1. The summed E-state index contributed by atoms with van der Waals surface area (Å²) in [4.78, 5) is 23.6. The Morgan fingerprint density at radius 2 is 1.91 bits per heavy atom. The lowest BCUT2D eigenvalue weighted by Crippen LogP contribution is -2.28. The van der Waals surface area contributed by atoms with Crippen molar-refractivity contribution >= 4 is 0 Å². The molecule has 0 atom stereocenters. The molecule has 0 saturated carbocycles. The Hall–Kier alpha value is -2.21. The first-order chi connectivity index (χ1) is 11.0. The predicted octanol–water partition coefficient (Wildman–Crippen LogP) is 1.10. The minimum absolute atomic E-state index is 0.0610. The van der Waals surface area contributed by atoms with Crippen molar-refractivity contribution < 1.29 is 5.11 Å². The molecule has 2 aromatic heterocycles. The summed E-state index contributed by atoms with van der Waals surface area (Å²) in [5.41, 5.74) is 3.37. The summed E-state index contributed by atoms with van der Waals surface area (Å²) in [6.45, 7) is 5.93. The molecule has 0 fully saturated rings. The molecule has 0 unspecified atom stereocenters. The van der Waals surface area contributed by atoms with E-state index < -0.39 is 0 Å². The van der Waals surface area contributed by atoms with Crippen LogP contribution in [0.2, 0.25) is 0 Å². The molecule has 0 radical (unpaired) electrons. The quantitative estimate of drug-likeness (QED) is 0.899.